The highest BCUT2D eigenvalue weighted by molar-refractivity contribution is 5.88. The zero-order valence-electron chi connectivity index (χ0n) is 11.2. The number of hydrogen-bond acceptors (Lipinski definition) is 3. The molecule has 4 nitrogen and oxygen atoms in total. The number of benzene rings is 2. The van der Waals surface area contributed by atoms with E-state index < -0.39 is 5.97 Å². The Morgan fingerprint density at radius 2 is 1.85 bits per heavy atom. The number of aromatic carboxylic acids is 1. The first kappa shape index (κ1) is 14.1. The molecule has 0 fully saturated rings. The fourth-order valence-corrected chi connectivity index (χ4v) is 1.77. The molecule has 0 heterocycles. The van der Waals surface area contributed by atoms with Crippen LogP contribution < -0.4 is 4.74 Å². The van der Waals surface area contributed by atoms with E-state index >= 15 is 0 Å². The molecule has 0 saturated carbocycles. The van der Waals surface area contributed by atoms with E-state index in [9.17, 15) is 4.79 Å². The van der Waals surface area contributed by atoms with E-state index in [0.29, 0.717) is 18.1 Å². The van der Waals surface area contributed by atoms with Crippen LogP contribution in [0.2, 0.25) is 0 Å². The zero-order valence-corrected chi connectivity index (χ0v) is 11.2. The predicted octanol–water partition coefficient (Wildman–Crippen LogP) is 3.37. The van der Waals surface area contributed by atoms with Gasteiger partial charge in [-0.1, -0.05) is 18.2 Å². The predicted molar refractivity (Wildman–Crippen MR) is 75.5 cm³/mol. The summed E-state index contributed by atoms with van der Waals surface area (Å²) in [6.45, 7) is 0.681. The minimum atomic E-state index is -0.967. The lowest BCUT2D eigenvalue weighted by atomic mass is 10.1. The molecule has 0 aromatic heterocycles. The van der Waals surface area contributed by atoms with Crippen LogP contribution in [0.1, 0.15) is 15.9 Å². The van der Waals surface area contributed by atoms with Gasteiger partial charge >= 0.3 is 5.97 Å². The first-order valence-electron chi connectivity index (χ1n) is 6.28. The highest BCUT2D eigenvalue weighted by atomic mass is 16.5. The maximum absolute atomic E-state index is 10.9. The van der Waals surface area contributed by atoms with E-state index in [1.807, 2.05) is 24.3 Å². The van der Waals surface area contributed by atoms with Crippen LogP contribution in [0.3, 0.4) is 0 Å². The Labute approximate surface area is 117 Å². The Hall–Kier alpha value is -2.33. The monoisotopic (exact) mass is 272 g/mol. The topological polar surface area (TPSA) is 55.8 Å². The summed E-state index contributed by atoms with van der Waals surface area (Å²) in [7, 11) is 1.67. The first-order chi connectivity index (χ1) is 9.69. The second-order valence-electron chi connectivity index (χ2n) is 4.32. The zero-order chi connectivity index (χ0) is 14.4. The minimum Gasteiger partial charge on any atom is -0.478 e. The van der Waals surface area contributed by atoms with Crippen molar-refractivity contribution in [3.8, 4) is 11.5 Å². The second kappa shape index (κ2) is 6.73. The van der Waals surface area contributed by atoms with E-state index in [1.54, 1.807) is 19.2 Å². The Balaban J connectivity index is 2.06. The van der Waals surface area contributed by atoms with Crippen molar-refractivity contribution in [3.05, 3.63) is 59.7 Å². The van der Waals surface area contributed by atoms with Crippen molar-refractivity contribution >= 4 is 5.97 Å². The van der Waals surface area contributed by atoms with Gasteiger partial charge in [0.05, 0.1) is 12.2 Å². The van der Waals surface area contributed by atoms with Crippen LogP contribution in [0, 0.1) is 0 Å². The lowest BCUT2D eigenvalue weighted by Gasteiger charge is -2.07. The number of methoxy groups -OCH3 is 1. The summed E-state index contributed by atoms with van der Waals surface area (Å²) in [6, 6.07) is 14.1. The van der Waals surface area contributed by atoms with E-state index in [-0.39, 0.29) is 5.56 Å². The number of hydrogen-bond donors (Lipinski definition) is 1. The van der Waals surface area contributed by atoms with Gasteiger partial charge < -0.3 is 14.6 Å². The molecule has 0 radical (unpaired) electrons. The summed E-state index contributed by atoms with van der Waals surface area (Å²) in [5, 5.41) is 8.93. The van der Waals surface area contributed by atoms with Crippen molar-refractivity contribution in [2.75, 3.05) is 13.7 Å². The van der Waals surface area contributed by atoms with Crippen molar-refractivity contribution in [1.29, 1.82) is 0 Å². The molecule has 2 aromatic rings. The Bertz CT molecular complexity index is 575. The molecule has 2 rings (SSSR count). The number of carboxylic acids is 1. The smallest absolute Gasteiger partial charge is 0.335 e. The Morgan fingerprint density at radius 1 is 1.10 bits per heavy atom. The third kappa shape index (κ3) is 3.83. The quantitative estimate of drug-likeness (QED) is 0.876. The van der Waals surface area contributed by atoms with Gasteiger partial charge in [-0.05, 0) is 42.3 Å². The number of carbonyl (C=O) groups is 1. The summed E-state index contributed by atoms with van der Waals surface area (Å²) >= 11 is 0. The SMILES string of the molecule is COCCc1ccc(Oc2cccc(C(=O)O)c2)cc1. The number of carboxylic acid groups (broad SMARTS) is 1. The Morgan fingerprint density at radius 3 is 2.50 bits per heavy atom. The van der Waals surface area contributed by atoms with Gasteiger partial charge in [0.25, 0.3) is 0 Å². The molecule has 0 aliphatic carbocycles. The van der Waals surface area contributed by atoms with Gasteiger partial charge in [0.1, 0.15) is 11.5 Å². The average Bonchev–Trinajstić information content (AvgIpc) is 2.47. The van der Waals surface area contributed by atoms with Crippen LogP contribution >= 0.6 is 0 Å². The molecule has 0 amide bonds. The maximum Gasteiger partial charge on any atom is 0.335 e. The summed E-state index contributed by atoms with van der Waals surface area (Å²) in [6.07, 6.45) is 0.852. The van der Waals surface area contributed by atoms with Crippen LogP contribution in [-0.4, -0.2) is 24.8 Å². The molecular weight excluding hydrogens is 256 g/mol. The summed E-state index contributed by atoms with van der Waals surface area (Å²) in [5.74, 6) is 0.216. The normalized spacial score (nSPS) is 10.2. The fourth-order valence-electron chi connectivity index (χ4n) is 1.77. The maximum atomic E-state index is 10.9. The van der Waals surface area contributed by atoms with Crippen LogP contribution in [0.25, 0.3) is 0 Å². The molecule has 0 aliphatic heterocycles. The highest BCUT2D eigenvalue weighted by Crippen LogP contribution is 2.22. The molecule has 0 saturated heterocycles. The van der Waals surface area contributed by atoms with Gasteiger partial charge in [-0.3, -0.25) is 0 Å². The number of ether oxygens (including phenoxy) is 2. The lowest BCUT2D eigenvalue weighted by Crippen LogP contribution is -1.96. The largest absolute Gasteiger partial charge is 0.478 e. The van der Waals surface area contributed by atoms with Crippen LogP contribution in [0.5, 0.6) is 11.5 Å². The number of rotatable bonds is 6. The molecular formula is C16H16O4. The molecule has 0 spiro atoms. The highest BCUT2D eigenvalue weighted by Gasteiger charge is 2.04. The summed E-state index contributed by atoms with van der Waals surface area (Å²) in [5.41, 5.74) is 1.37. The van der Waals surface area contributed by atoms with Gasteiger partial charge in [-0.15, -0.1) is 0 Å². The van der Waals surface area contributed by atoms with Gasteiger partial charge in [-0.25, -0.2) is 4.79 Å². The molecule has 1 N–H and O–H groups in total. The van der Waals surface area contributed by atoms with Gasteiger partial charge in [0.2, 0.25) is 0 Å². The van der Waals surface area contributed by atoms with E-state index in [1.165, 1.54) is 17.7 Å². The van der Waals surface area contributed by atoms with Crippen molar-refractivity contribution in [2.24, 2.45) is 0 Å². The minimum absolute atomic E-state index is 0.208. The first-order valence-corrected chi connectivity index (χ1v) is 6.28. The summed E-state index contributed by atoms with van der Waals surface area (Å²) < 4.78 is 10.7. The standard InChI is InChI=1S/C16H16O4/c1-19-10-9-12-5-7-14(8-6-12)20-15-4-2-3-13(11-15)16(17)18/h2-8,11H,9-10H2,1H3,(H,17,18). The van der Waals surface area contributed by atoms with Crippen molar-refractivity contribution < 1.29 is 19.4 Å². The molecule has 0 aliphatic rings. The van der Waals surface area contributed by atoms with E-state index in [2.05, 4.69) is 0 Å². The van der Waals surface area contributed by atoms with E-state index in [4.69, 9.17) is 14.6 Å². The lowest BCUT2D eigenvalue weighted by molar-refractivity contribution is 0.0696. The molecule has 0 unspecified atom stereocenters. The van der Waals surface area contributed by atoms with Gasteiger partial charge in [0, 0.05) is 7.11 Å². The summed E-state index contributed by atoms with van der Waals surface area (Å²) in [4.78, 5) is 10.9. The molecule has 0 atom stereocenters. The van der Waals surface area contributed by atoms with Crippen molar-refractivity contribution in [3.63, 3.8) is 0 Å². The van der Waals surface area contributed by atoms with Crippen molar-refractivity contribution in [1.82, 2.24) is 0 Å². The van der Waals surface area contributed by atoms with Crippen LogP contribution in [-0.2, 0) is 11.2 Å². The third-order valence-corrected chi connectivity index (χ3v) is 2.83. The van der Waals surface area contributed by atoms with Crippen molar-refractivity contribution in [2.45, 2.75) is 6.42 Å². The second-order valence-corrected chi connectivity index (χ2v) is 4.32. The van der Waals surface area contributed by atoms with Gasteiger partial charge in [0.15, 0.2) is 0 Å². The molecule has 2 aromatic carbocycles. The molecule has 104 valence electrons. The van der Waals surface area contributed by atoms with Crippen LogP contribution in [0.4, 0.5) is 0 Å². The van der Waals surface area contributed by atoms with Crippen LogP contribution in [0.15, 0.2) is 48.5 Å². The molecule has 20 heavy (non-hydrogen) atoms. The Kier molecular flexibility index (Phi) is 4.74. The fraction of sp³-hybridized carbons (Fsp3) is 0.188. The van der Waals surface area contributed by atoms with Gasteiger partial charge in [-0.2, -0.15) is 0 Å². The average molecular weight is 272 g/mol. The molecule has 4 heteroatoms. The molecule has 0 bridgehead atoms. The van der Waals surface area contributed by atoms with E-state index in [0.717, 1.165) is 6.42 Å². The third-order valence-electron chi connectivity index (χ3n) is 2.83.